The summed E-state index contributed by atoms with van der Waals surface area (Å²) in [5.74, 6) is 0. The molecule has 2 rings (SSSR count). The molecule has 0 aliphatic carbocycles. The summed E-state index contributed by atoms with van der Waals surface area (Å²) >= 11 is 6.73. The van der Waals surface area contributed by atoms with Gasteiger partial charge in [0.1, 0.15) is 0 Å². The van der Waals surface area contributed by atoms with Gasteiger partial charge in [-0.05, 0) is 35.4 Å². The number of hydrogen-bond acceptors (Lipinski definition) is 0. The van der Waals surface area contributed by atoms with Crippen LogP contribution in [0.25, 0.3) is 5.57 Å². The highest BCUT2D eigenvalue weighted by Gasteiger charge is 2.05. The van der Waals surface area contributed by atoms with Crippen LogP contribution in [0.5, 0.6) is 0 Å². The van der Waals surface area contributed by atoms with Crippen molar-refractivity contribution in [2.24, 2.45) is 0 Å². The van der Waals surface area contributed by atoms with Crippen LogP contribution in [0, 0.1) is 0 Å². The SMILES string of the molecule is FC=C(c1ccc(Br)cc1)c1ccc(Br)cc1. The van der Waals surface area contributed by atoms with Crippen molar-refractivity contribution in [2.45, 2.75) is 0 Å². The summed E-state index contributed by atoms with van der Waals surface area (Å²) in [5.41, 5.74) is 2.31. The van der Waals surface area contributed by atoms with E-state index in [4.69, 9.17) is 0 Å². The second-order valence-corrected chi connectivity index (χ2v) is 5.37. The van der Waals surface area contributed by atoms with Crippen LogP contribution >= 0.6 is 31.9 Å². The van der Waals surface area contributed by atoms with Crippen LogP contribution in [0.2, 0.25) is 0 Å². The molecule has 0 aliphatic heterocycles. The van der Waals surface area contributed by atoms with E-state index in [0.29, 0.717) is 11.9 Å². The molecule has 0 fully saturated rings. The van der Waals surface area contributed by atoms with Crippen molar-refractivity contribution in [1.82, 2.24) is 0 Å². The molecular formula is C14H9Br2F. The fraction of sp³-hybridized carbons (Fsp3) is 0. The summed E-state index contributed by atoms with van der Waals surface area (Å²) in [4.78, 5) is 0. The largest absolute Gasteiger partial charge is 0.215 e. The van der Waals surface area contributed by atoms with Crippen molar-refractivity contribution < 1.29 is 4.39 Å². The van der Waals surface area contributed by atoms with Crippen molar-refractivity contribution in [1.29, 1.82) is 0 Å². The van der Waals surface area contributed by atoms with Crippen molar-refractivity contribution >= 4 is 37.4 Å². The molecule has 0 N–H and O–H groups in total. The van der Waals surface area contributed by atoms with Gasteiger partial charge in [-0.2, -0.15) is 0 Å². The smallest absolute Gasteiger partial charge is 0.0951 e. The van der Waals surface area contributed by atoms with Crippen molar-refractivity contribution in [3.63, 3.8) is 0 Å². The van der Waals surface area contributed by atoms with Crippen LogP contribution in [0.4, 0.5) is 4.39 Å². The van der Waals surface area contributed by atoms with E-state index in [0.717, 1.165) is 20.1 Å². The number of halogens is 3. The Labute approximate surface area is 116 Å². The molecular weight excluding hydrogens is 347 g/mol. The first-order valence-corrected chi connectivity index (χ1v) is 6.61. The van der Waals surface area contributed by atoms with E-state index in [1.807, 2.05) is 48.5 Å². The Morgan fingerprint density at radius 1 is 0.765 bits per heavy atom. The molecule has 2 aromatic rings. The molecule has 17 heavy (non-hydrogen) atoms. The number of rotatable bonds is 2. The second-order valence-electron chi connectivity index (χ2n) is 3.54. The van der Waals surface area contributed by atoms with E-state index in [1.54, 1.807) is 0 Å². The second kappa shape index (κ2) is 5.61. The van der Waals surface area contributed by atoms with E-state index in [1.165, 1.54) is 0 Å². The molecule has 2 aromatic carbocycles. The lowest BCUT2D eigenvalue weighted by Crippen LogP contribution is -1.86. The third-order valence-corrected chi connectivity index (χ3v) is 3.48. The molecule has 0 heterocycles. The lowest BCUT2D eigenvalue weighted by Gasteiger charge is -2.06. The molecule has 0 amide bonds. The highest BCUT2D eigenvalue weighted by atomic mass is 79.9. The lowest BCUT2D eigenvalue weighted by atomic mass is 10.00. The van der Waals surface area contributed by atoms with Crippen LogP contribution in [-0.4, -0.2) is 0 Å². The molecule has 3 heteroatoms. The van der Waals surface area contributed by atoms with Crippen LogP contribution in [0.3, 0.4) is 0 Å². The Balaban J connectivity index is 2.41. The van der Waals surface area contributed by atoms with Crippen LogP contribution in [0.1, 0.15) is 11.1 Å². The molecule has 0 aliphatic rings. The molecule has 0 spiro atoms. The summed E-state index contributed by atoms with van der Waals surface area (Å²) in [6, 6.07) is 15.1. The molecule has 0 aromatic heterocycles. The molecule has 0 unspecified atom stereocenters. The Morgan fingerprint density at radius 3 is 1.41 bits per heavy atom. The standard InChI is InChI=1S/C14H9Br2F/c15-12-5-1-10(2-6-12)14(9-17)11-3-7-13(16)8-4-11/h1-9H. The normalized spacial score (nSPS) is 10.1. The van der Waals surface area contributed by atoms with Crippen LogP contribution in [-0.2, 0) is 0 Å². The Hall–Kier alpha value is -0.930. The number of hydrogen-bond donors (Lipinski definition) is 0. The average Bonchev–Trinajstić information content (AvgIpc) is 2.35. The topological polar surface area (TPSA) is 0 Å². The highest BCUT2D eigenvalue weighted by molar-refractivity contribution is 9.10. The minimum atomic E-state index is 0.588. The highest BCUT2D eigenvalue weighted by Crippen LogP contribution is 2.26. The van der Waals surface area contributed by atoms with Gasteiger partial charge in [0.05, 0.1) is 6.33 Å². The predicted molar refractivity (Wildman–Crippen MR) is 76.5 cm³/mol. The van der Waals surface area contributed by atoms with Crippen LogP contribution < -0.4 is 0 Å². The zero-order valence-corrected chi connectivity index (χ0v) is 12.0. The summed E-state index contributed by atoms with van der Waals surface area (Å²) in [6.45, 7) is 0. The van der Waals surface area contributed by atoms with Gasteiger partial charge in [-0.3, -0.25) is 0 Å². The van der Waals surface area contributed by atoms with Gasteiger partial charge in [0.2, 0.25) is 0 Å². The molecule has 0 saturated carbocycles. The fourth-order valence-electron chi connectivity index (χ4n) is 1.55. The fourth-order valence-corrected chi connectivity index (χ4v) is 2.08. The van der Waals surface area contributed by atoms with E-state index < -0.39 is 0 Å². The zero-order chi connectivity index (χ0) is 12.3. The molecule has 0 atom stereocenters. The van der Waals surface area contributed by atoms with Gasteiger partial charge in [-0.1, -0.05) is 56.1 Å². The van der Waals surface area contributed by atoms with Gasteiger partial charge in [0, 0.05) is 14.5 Å². The third kappa shape index (κ3) is 3.05. The monoisotopic (exact) mass is 354 g/mol. The predicted octanol–water partition coefficient (Wildman–Crippen LogP) is 5.57. The third-order valence-electron chi connectivity index (χ3n) is 2.42. The molecule has 0 bridgehead atoms. The lowest BCUT2D eigenvalue weighted by molar-refractivity contribution is 0.724. The quantitative estimate of drug-likeness (QED) is 0.660. The minimum absolute atomic E-state index is 0.588. The molecule has 0 radical (unpaired) electrons. The van der Waals surface area contributed by atoms with Gasteiger partial charge >= 0.3 is 0 Å². The Bertz CT molecular complexity index is 480. The van der Waals surface area contributed by atoms with Crippen molar-refractivity contribution in [3.05, 3.63) is 74.9 Å². The Kier molecular flexibility index (Phi) is 4.13. The van der Waals surface area contributed by atoms with E-state index in [9.17, 15) is 4.39 Å². The van der Waals surface area contributed by atoms with Gasteiger partial charge in [-0.15, -0.1) is 0 Å². The molecule has 86 valence electrons. The van der Waals surface area contributed by atoms with E-state index in [-0.39, 0.29) is 0 Å². The summed E-state index contributed by atoms with van der Waals surface area (Å²) in [5, 5.41) is 0. The maximum atomic E-state index is 13.0. The van der Waals surface area contributed by atoms with Crippen LogP contribution in [0.15, 0.2) is 63.8 Å². The van der Waals surface area contributed by atoms with Crippen molar-refractivity contribution in [2.75, 3.05) is 0 Å². The first kappa shape index (κ1) is 12.5. The molecule has 0 nitrogen and oxygen atoms in total. The van der Waals surface area contributed by atoms with Gasteiger partial charge in [0.15, 0.2) is 0 Å². The van der Waals surface area contributed by atoms with Gasteiger partial charge in [0.25, 0.3) is 0 Å². The minimum Gasteiger partial charge on any atom is -0.215 e. The maximum Gasteiger partial charge on any atom is 0.0951 e. The van der Waals surface area contributed by atoms with E-state index in [2.05, 4.69) is 31.9 Å². The first-order valence-electron chi connectivity index (χ1n) is 5.03. The first-order chi connectivity index (χ1) is 8.20. The van der Waals surface area contributed by atoms with E-state index >= 15 is 0 Å². The Morgan fingerprint density at radius 2 is 1.12 bits per heavy atom. The summed E-state index contributed by atoms with van der Waals surface area (Å²) in [7, 11) is 0. The van der Waals surface area contributed by atoms with Gasteiger partial charge < -0.3 is 0 Å². The van der Waals surface area contributed by atoms with Crippen molar-refractivity contribution in [3.8, 4) is 0 Å². The molecule has 0 saturated heterocycles. The summed E-state index contributed by atoms with van der Waals surface area (Å²) in [6.07, 6.45) is 0.645. The zero-order valence-electron chi connectivity index (χ0n) is 8.83. The average molecular weight is 356 g/mol. The maximum absolute atomic E-state index is 13.0. The van der Waals surface area contributed by atoms with Gasteiger partial charge in [-0.25, -0.2) is 4.39 Å². The summed E-state index contributed by atoms with van der Waals surface area (Å²) < 4.78 is 15.0. The number of benzene rings is 2.